The van der Waals surface area contributed by atoms with Gasteiger partial charge < -0.3 is 18.3 Å². The van der Waals surface area contributed by atoms with Crippen molar-refractivity contribution in [3.05, 3.63) is 105 Å². The molecule has 0 radical (unpaired) electrons. The summed E-state index contributed by atoms with van der Waals surface area (Å²) < 4.78 is 98.8. The minimum atomic E-state index is -3.50. The molecule has 0 saturated carbocycles. The fourth-order valence-corrected chi connectivity index (χ4v) is 7.52. The lowest BCUT2D eigenvalue weighted by Gasteiger charge is -2.18. The maximum Gasteiger partial charge on any atom is 0.342 e. The van der Waals surface area contributed by atoms with E-state index in [2.05, 4.69) is 59.2 Å². The number of hydrogen-bond acceptors (Lipinski definition) is 10. The van der Waals surface area contributed by atoms with Crippen LogP contribution in [-0.4, -0.2) is 67.5 Å². The van der Waals surface area contributed by atoms with E-state index >= 15 is 0 Å². The molecule has 55 heavy (non-hydrogen) atoms. The fraction of sp³-hybridized carbons (Fsp3) is 0.167. The number of carbonyl (C=O) groups excluding carboxylic acids is 2. The average molecular weight is 1040 g/mol. The SMILES string of the molecule is CI.COC(=O)c1c(-c2ccc(F)cc2)oc2cc(N(C)S(C)(=O)=O)c(Br)cc12.COC(=O)c1c(-c2ccc(F)cc2)oc2cc(NS(C)(=O)=O)c(Br)cc12. The minimum absolute atomic E-state index is 0.167. The zero-order valence-electron chi connectivity index (χ0n) is 29.7. The summed E-state index contributed by atoms with van der Waals surface area (Å²) in [6, 6.07) is 17.0. The summed E-state index contributed by atoms with van der Waals surface area (Å²) in [5, 5.41) is 0.876. The number of benzene rings is 4. The van der Waals surface area contributed by atoms with Gasteiger partial charge in [0, 0.05) is 50.0 Å². The normalized spacial score (nSPS) is 11.3. The first kappa shape index (κ1) is 43.7. The molecule has 12 nitrogen and oxygen atoms in total. The maximum absolute atomic E-state index is 13.2. The molecular formula is C36H31Br2F2IN2O10S2. The Balaban J connectivity index is 0.000000234. The lowest BCUT2D eigenvalue weighted by molar-refractivity contribution is 0.0594. The van der Waals surface area contributed by atoms with Gasteiger partial charge in [-0.2, -0.15) is 0 Å². The van der Waals surface area contributed by atoms with E-state index in [4.69, 9.17) is 18.3 Å². The van der Waals surface area contributed by atoms with E-state index in [1.807, 2.05) is 4.93 Å². The van der Waals surface area contributed by atoms with Gasteiger partial charge in [0.25, 0.3) is 0 Å². The quantitative estimate of drug-likeness (QED) is 0.0883. The van der Waals surface area contributed by atoms with Crippen molar-refractivity contribution in [1.29, 1.82) is 0 Å². The molecule has 292 valence electrons. The van der Waals surface area contributed by atoms with E-state index in [-0.39, 0.29) is 33.9 Å². The highest BCUT2D eigenvalue weighted by Crippen LogP contribution is 2.41. The Bertz CT molecular complexity index is 2620. The predicted octanol–water partition coefficient (Wildman–Crippen LogP) is 9.39. The number of hydrogen-bond donors (Lipinski definition) is 1. The number of anilines is 2. The lowest BCUT2D eigenvalue weighted by atomic mass is 10.1. The standard InChI is InChI=1S/C18H15BrFNO5S.C17H13BrFNO5S.CH3I/c1-21(27(3,23)24)14-9-15-12(8-13(14)19)16(18(22)25-2)17(26-15)10-4-6-11(20)7-5-10;1-24-17(21)15-11-7-12(18)13(20-26(2,22)23)8-14(11)25-16(15)9-3-5-10(19)6-4-9;1-2/h4-9H,1-3H3;3-8,20H,1-2H3;1H3. The van der Waals surface area contributed by atoms with Crippen LogP contribution in [0.3, 0.4) is 0 Å². The van der Waals surface area contributed by atoms with Gasteiger partial charge in [0.05, 0.1) is 38.1 Å². The summed E-state index contributed by atoms with van der Waals surface area (Å²) in [6.07, 6.45) is 2.10. The average Bonchev–Trinajstić information content (AvgIpc) is 3.69. The third-order valence-electron chi connectivity index (χ3n) is 7.66. The highest BCUT2D eigenvalue weighted by atomic mass is 127. The van der Waals surface area contributed by atoms with Crippen LogP contribution >= 0.6 is 54.5 Å². The lowest BCUT2D eigenvalue weighted by Crippen LogP contribution is -2.25. The fourth-order valence-electron chi connectivity index (χ4n) is 5.14. The zero-order valence-corrected chi connectivity index (χ0v) is 36.6. The second-order valence-electron chi connectivity index (χ2n) is 11.3. The number of methoxy groups -OCH3 is 2. The van der Waals surface area contributed by atoms with Gasteiger partial charge in [-0.1, -0.05) is 22.6 Å². The first-order valence-electron chi connectivity index (χ1n) is 15.3. The molecule has 0 atom stereocenters. The number of alkyl halides is 1. The van der Waals surface area contributed by atoms with Gasteiger partial charge in [0.1, 0.15) is 45.4 Å². The molecule has 2 heterocycles. The molecule has 19 heteroatoms. The number of sulfonamides is 2. The van der Waals surface area contributed by atoms with Crippen molar-refractivity contribution in [3.63, 3.8) is 0 Å². The van der Waals surface area contributed by atoms with Crippen LogP contribution in [0, 0.1) is 11.6 Å². The van der Waals surface area contributed by atoms with Crippen LogP contribution in [0.15, 0.2) is 90.6 Å². The molecule has 0 fully saturated rings. The summed E-state index contributed by atoms with van der Waals surface area (Å²) in [4.78, 5) is 26.6. The summed E-state index contributed by atoms with van der Waals surface area (Å²) in [7, 11) is -3.11. The maximum atomic E-state index is 13.2. The van der Waals surface area contributed by atoms with E-state index < -0.39 is 43.6 Å². The molecule has 0 spiro atoms. The number of rotatable bonds is 8. The number of ether oxygens (including phenoxy) is 2. The van der Waals surface area contributed by atoms with Gasteiger partial charge in [-0.15, -0.1) is 0 Å². The van der Waals surface area contributed by atoms with Crippen molar-refractivity contribution in [1.82, 2.24) is 0 Å². The van der Waals surface area contributed by atoms with Crippen molar-refractivity contribution in [2.75, 3.05) is 47.7 Å². The largest absolute Gasteiger partial charge is 0.465 e. The molecule has 0 aliphatic rings. The summed E-state index contributed by atoms with van der Waals surface area (Å²) in [5.74, 6) is -1.68. The highest BCUT2D eigenvalue weighted by molar-refractivity contribution is 14.1. The molecule has 6 rings (SSSR count). The minimum Gasteiger partial charge on any atom is -0.465 e. The third kappa shape index (κ3) is 10.0. The molecule has 0 aliphatic heterocycles. The molecule has 4 aromatic carbocycles. The van der Waals surface area contributed by atoms with Crippen LogP contribution in [0.1, 0.15) is 20.7 Å². The van der Waals surface area contributed by atoms with Crippen LogP contribution in [-0.2, 0) is 29.5 Å². The van der Waals surface area contributed by atoms with Crippen LogP contribution in [0.4, 0.5) is 20.2 Å². The second kappa shape index (κ2) is 17.8. The number of nitrogens with zero attached hydrogens (tertiary/aromatic N) is 1. The summed E-state index contributed by atoms with van der Waals surface area (Å²) in [5.41, 5.74) is 2.49. The Kier molecular flexibility index (Phi) is 14.2. The number of furan rings is 2. The van der Waals surface area contributed by atoms with Gasteiger partial charge in [-0.05, 0) is 97.5 Å². The monoisotopic (exact) mass is 1040 g/mol. The van der Waals surface area contributed by atoms with Crippen LogP contribution < -0.4 is 9.03 Å². The van der Waals surface area contributed by atoms with Gasteiger partial charge in [0.2, 0.25) is 20.0 Å². The van der Waals surface area contributed by atoms with Crippen molar-refractivity contribution < 1.29 is 53.5 Å². The topological polar surface area (TPSA) is 162 Å². The van der Waals surface area contributed by atoms with Crippen molar-refractivity contribution in [2.24, 2.45) is 0 Å². The first-order valence-corrected chi connectivity index (χ1v) is 22.8. The highest BCUT2D eigenvalue weighted by Gasteiger charge is 2.27. The Morgan fingerprint density at radius 3 is 1.49 bits per heavy atom. The molecule has 6 aromatic rings. The van der Waals surface area contributed by atoms with Crippen LogP contribution in [0.25, 0.3) is 44.6 Å². The number of esters is 2. The molecular weight excluding hydrogens is 1010 g/mol. The number of nitrogens with one attached hydrogen (secondary N) is 1. The van der Waals surface area contributed by atoms with Gasteiger partial charge in [0.15, 0.2) is 0 Å². The van der Waals surface area contributed by atoms with E-state index in [0.717, 1.165) is 16.8 Å². The van der Waals surface area contributed by atoms with E-state index in [9.17, 15) is 35.2 Å². The molecule has 0 bridgehead atoms. The predicted molar refractivity (Wildman–Crippen MR) is 223 cm³/mol. The van der Waals surface area contributed by atoms with Crippen LogP contribution in [0.5, 0.6) is 0 Å². The summed E-state index contributed by atoms with van der Waals surface area (Å²) in [6.45, 7) is 0. The number of halogens is 5. The van der Waals surface area contributed by atoms with E-state index in [0.29, 0.717) is 42.1 Å². The number of carbonyl (C=O) groups is 2. The Morgan fingerprint density at radius 1 is 0.709 bits per heavy atom. The molecule has 0 aliphatic carbocycles. The molecule has 0 unspecified atom stereocenters. The van der Waals surface area contributed by atoms with E-state index in [1.54, 1.807) is 12.1 Å². The van der Waals surface area contributed by atoms with Gasteiger partial charge >= 0.3 is 11.9 Å². The first-order chi connectivity index (χ1) is 25.8. The van der Waals surface area contributed by atoms with Crippen molar-refractivity contribution in [3.8, 4) is 22.6 Å². The van der Waals surface area contributed by atoms with Crippen molar-refractivity contribution in [2.45, 2.75) is 0 Å². The molecule has 1 N–H and O–H groups in total. The molecule has 0 amide bonds. The second-order valence-corrected chi connectivity index (χ2v) is 16.8. The van der Waals surface area contributed by atoms with Crippen LogP contribution in [0.2, 0.25) is 0 Å². The van der Waals surface area contributed by atoms with Crippen molar-refractivity contribution >= 4 is 120 Å². The zero-order chi connectivity index (χ0) is 41.0. The smallest absolute Gasteiger partial charge is 0.342 e. The van der Waals surface area contributed by atoms with E-state index in [1.165, 1.54) is 81.9 Å². The Morgan fingerprint density at radius 2 is 1.11 bits per heavy atom. The number of fused-ring (bicyclic) bond motifs is 2. The Labute approximate surface area is 345 Å². The molecule has 2 aromatic heterocycles. The third-order valence-corrected chi connectivity index (χ3v) is 10.7. The van der Waals surface area contributed by atoms with Gasteiger partial charge in [-0.3, -0.25) is 9.03 Å². The van der Waals surface area contributed by atoms with Gasteiger partial charge in [-0.25, -0.2) is 35.2 Å². The molecule has 0 saturated heterocycles. The summed E-state index contributed by atoms with van der Waals surface area (Å²) >= 11 is 8.77. The Hall–Kier alpha value is -4.05.